The van der Waals surface area contributed by atoms with Gasteiger partial charge in [-0.3, -0.25) is 9.20 Å². The molecule has 0 bridgehead atoms. The Kier molecular flexibility index (Phi) is 3.82. The number of anilines is 1. The molecule has 1 aromatic carbocycles. The highest BCUT2D eigenvalue weighted by atomic mass is 35.5. The largest absolute Gasteiger partial charge is 0.309 e. The van der Waals surface area contributed by atoms with E-state index in [4.69, 9.17) is 11.6 Å². The minimum Gasteiger partial charge on any atom is -0.309 e. The fraction of sp³-hybridized carbons (Fsp3) is 0.158. The maximum absolute atomic E-state index is 12.7. The SMILES string of the molecule is O=C(/C=C/c1c(Cl)nc2ccccn12)N1CCCc2ccccc21. The molecule has 0 spiro atoms. The van der Waals surface area contributed by atoms with Crippen LogP contribution in [0.2, 0.25) is 5.15 Å². The van der Waals surface area contributed by atoms with Crippen LogP contribution in [0.15, 0.2) is 54.7 Å². The number of pyridine rings is 1. The molecule has 24 heavy (non-hydrogen) atoms. The van der Waals surface area contributed by atoms with E-state index in [0.717, 1.165) is 30.7 Å². The Hall–Kier alpha value is -2.59. The third kappa shape index (κ3) is 2.59. The Morgan fingerprint density at radius 3 is 2.92 bits per heavy atom. The van der Waals surface area contributed by atoms with Gasteiger partial charge in [0, 0.05) is 24.5 Å². The molecule has 4 nitrogen and oxygen atoms in total. The first kappa shape index (κ1) is 15.0. The number of aryl methyl sites for hydroxylation is 1. The summed E-state index contributed by atoms with van der Waals surface area (Å²) < 4.78 is 1.87. The van der Waals surface area contributed by atoms with Crippen molar-refractivity contribution in [1.82, 2.24) is 9.38 Å². The lowest BCUT2D eigenvalue weighted by Gasteiger charge is -2.28. The van der Waals surface area contributed by atoms with Gasteiger partial charge in [0.25, 0.3) is 5.91 Å². The molecule has 0 aliphatic carbocycles. The van der Waals surface area contributed by atoms with Crippen molar-refractivity contribution >= 4 is 34.9 Å². The molecule has 0 fully saturated rings. The van der Waals surface area contributed by atoms with Crippen molar-refractivity contribution in [1.29, 1.82) is 0 Å². The highest BCUT2D eigenvalue weighted by Gasteiger charge is 2.20. The van der Waals surface area contributed by atoms with Crippen LogP contribution in [0.5, 0.6) is 0 Å². The second kappa shape index (κ2) is 6.13. The summed E-state index contributed by atoms with van der Waals surface area (Å²) in [6.07, 6.45) is 7.19. The van der Waals surface area contributed by atoms with Crippen molar-refractivity contribution in [2.24, 2.45) is 0 Å². The van der Waals surface area contributed by atoms with Crippen LogP contribution in [-0.4, -0.2) is 21.8 Å². The maximum Gasteiger partial charge on any atom is 0.251 e. The Morgan fingerprint density at radius 2 is 2.00 bits per heavy atom. The van der Waals surface area contributed by atoms with Gasteiger partial charge in [0.2, 0.25) is 0 Å². The summed E-state index contributed by atoms with van der Waals surface area (Å²) in [5.74, 6) is -0.0379. The predicted octanol–water partition coefficient (Wildman–Crippen LogP) is 3.98. The number of carbonyl (C=O) groups excluding carboxylic acids is 1. The van der Waals surface area contributed by atoms with Gasteiger partial charge in [-0.1, -0.05) is 35.9 Å². The first-order valence-corrected chi connectivity index (χ1v) is 8.32. The molecule has 0 unspecified atom stereocenters. The summed E-state index contributed by atoms with van der Waals surface area (Å²) >= 11 is 6.21. The first-order chi connectivity index (χ1) is 11.7. The Balaban J connectivity index is 1.65. The van der Waals surface area contributed by atoms with Crippen LogP contribution >= 0.6 is 11.6 Å². The van der Waals surface area contributed by atoms with E-state index in [1.807, 2.05) is 51.9 Å². The van der Waals surface area contributed by atoms with Gasteiger partial charge in [0.05, 0.1) is 5.69 Å². The van der Waals surface area contributed by atoms with Crippen molar-refractivity contribution in [3.63, 3.8) is 0 Å². The number of carbonyl (C=O) groups is 1. The van der Waals surface area contributed by atoms with E-state index in [-0.39, 0.29) is 5.91 Å². The maximum atomic E-state index is 12.7. The molecule has 0 radical (unpaired) electrons. The second-order valence-corrected chi connectivity index (χ2v) is 6.13. The molecular formula is C19H16ClN3O. The lowest BCUT2D eigenvalue weighted by Crippen LogP contribution is -2.34. The number of nitrogens with zero attached hydrogens (tertiary/aromatic N) is 3. The van der Waals surface area contributed by atoms with E-state index in [0.29, 0.717) is 10.8 Å². The minimum absolute atomic E-state index is 0.0379. The summed E-state index contributed by atoms with van der Waals surface area (Å²) in [5, 5.41) is 0.393. The lowest BCUT2D eigenvalue weighted by atomic mass is 10.0. The van der Waals surface area contributed by atoms with Gasteiger partial charge >= 0.3 is 0 Å². The quantitative estimate of drug-likeness (QED) is 0.663. The van der Waals surface area contributed by atoms with Crippen LogP contribution in [0, 0.1) is 0 Å². The Bertz CT molecular complexity index is 945. The molecule has 1 aliphatic rings. The van der Waals surface area contributed by atoms with Crippen molar-refractivity contribution in [2.75, 3.05) is 11.4 Å². The average molecular weight is 338 g/mol. The van der Waals surface area contributed by atoms with Crippen LogP contribution in [-0.2, 0) is 11.2 Å². The van der Waals surface area contributed by atoms with Crippen LogP contribution < -0.4 is 4.90 Å². The number of halogens is 1. The molecule has 1 aliphatic heterocycles. The standard InChI is InChI=1S/C19H16ClN3O/c20-19-16(22-12-4-3-9-17(22)21-19)10-11-18(24)23-13-5-7-14-6-1-2-8-15(14)23/h1-4,6,8-12H,5,7,13H2/b11-10+. The molecule has 3 heterocycles. The topological polar surface area (TPSA) is 37.6 Å². The van der Waals surface area contributed by atoms with E-state index in [1.54, 1.807) is 12.2 Å². The third-order valence-corrected chi connectivity index (χ3v) is 4.56. The number of hydrogen-bond donors (Lipinski definition) is 0. The second-order valence-electron chi connectivity index (χ2n) is 5.77. The number of para-hydroxylation sites is 1. The zero-order valence-corrected chi connectivity index (χ0v) is 13.8. The van der Waals surface area contributed by atoms with Crippen molar-refractivity contribution in [3.8, 4) is 0 Å². The van der Waals surface area contributed by atoms with E-state index >= 15 is 0 Å². The Labute approximate surface area is 145 Å². The van der Waals surface area contributed by atoms with Gasteiger partial charge in [0.15, 0.2) is 5.15 Å². The predicted molar refractivity (Wildman–Crippen MR) is 96.4 cm³/mol. The van der Waals surface area contributed by atoms with Crippen LogP contribution in [0.3, 0.4) is 0 Å². The van der Waals surface area contributed by atoms with Gasteiger partial charge in [-0.25, -0.2) is 4.98 Å². The highest BCUT2D eigenvalue weighted by Crippen LogP contribution is 2.27. The van der Waals surface area contributed by atoms with Crippen molar-refractivity contribution in [3.05, 3.63) is 71.1 Å². The molecule has 3 aromatic rings. The third-order valence-electron chi connectivity index (χ3n) is 4.28. The van der Waals surface area contributed by atoms with Gasteiger partial charge in [-0.2, -0.15) is 0 Å². The lowest BCUT2D eigenvalue weighted by molar-refractivity contribution is -0.114. The smallest absolute Gasteiger partial charge is 0.251 e. The fourth-order valence-electron chi connectivity index (χ4n) is 3.14. The fourth-order valence-corrected chi connectivity index (χ4v) is 3.38. The number of imidazole rings is 1. The van der Waals surface area contributed by atoms with E-state index in [1.165, 1.54) is 5.56 Å². The van der Waals surface area contributed by atoms with Crippen LogP contribution in [0.25, 0.3) is 11.7 Å². The number of rotatable bonds is 2. The van der Waals surface area contributed by atoms with Crippen LogP contribution in [0.1, 0.15) is 17.7 Å². The molecule has 120 valence electrons. The number of hydrogen-bond acceptors (Lipinski definition) is 2. The molecule has 1 amide bonds. The summed E-state index contributed by atoms with van der Waals surface area (Å²) in [5.41, 5.74) is 3.70. The number of benzene rings is 1. The van der Waals surface area contributed by atoms with E-state index in [2.05, 4.69) is 11.1 Å². The summed E-state index contributed by atoms with van der Waals surface area (Å²) in [6.45, 7) is 0.737. The molecule has 0 atom stereocenters. The zero-order chi connectivity index (χ0) is 16.5. The van der Waals surface area contributed by atoms with Crippen LogP contribution in [0.4, 0.5) is 5.69 Å². The summed E-state index contributed by atoms with van der Waals surface area (Å²) in [4.78, 5) is 18.8. The Morgan fingerprint density at radius 1 is 1.17 bits per heavy atom. The minimum atomic E-state index is -0.0379. The van der Waals surface area contributed by atoms with Gasteiger partial charge in [-0.05, 0) is 42.7 Å². The van der Waals surface area contributed by atoms with Gasteiger partial charge in [-0.15, -0.1) is 0 Å². The highest BCUT2D eigenvalue weighted by molar-refractivity contribution is 6.31. The summed E-state index contributed by atoms with van der Waals surface area (Å²) in [6, 6.07) is 13.8. The normalized spacial score (nSPS) is 14.3. The summed E-state index contributed by atoms with van der Waals surface area (Å²) in [7, 11) is 0. The zero-order valence-electron chi connectivity index (χ0n) is 13.0. The monoisotopic (exact) mass is 337 g/mol. The van der Waals surface area contributed by atoms with Gasteiger partial charge in [0.1, 0.15) is 5.65 Å². The first-order valence-electron chi connectivity index (χ1n) is 7.94. The molecule has 0 saturated heterocycles. The molecule has 0 saturated carbocycles. The number of fused-ring (bicyclic) bond motifs is 2. The number of amides is 1. The molecule has 5 heteroatoms. The van der Waals surface area contributed by atoms with Crippen molar-refractivity contribution < 1.29 is 4.79 Å². The molecule has 2 aromatic heterocycles. The molecule has 0 N–H and O–H groups in total. The van der Waals surface area contributed by atoms with Gasteiger partial charge < -0.3 is 4.90 Å². The molecular weight excluding hydrogens is 322 g/mol. The van der Waals surface area contributed by atoms with E-state index < -0.39 is 0 Å². The number of aromatic nitrogens is 2. The van der Waals surface area contributed by atoms with Crippen molar-refractivity contribution in [2.45, 2.75) is 12.8 Å². The van der Waals surface area contributed by atoms with E-state index in [9.17, 15) is 4.79 Å². The molecule has 4 rings (SSSR count). The average Bonchev–Trinajstić information content (AvgIpc) is 2.94.